The molecule has 0 saturated carbocycles. The Balaban J connectivity index is 1.42. The van der Waals surface area contributed by atoms with Gasteiger partial charge in [-0.15, -0.1) is 0 Å². The molecule has 4 nitrogen and oxygen atoms in total. The van der Waals surface area contributed by atoms with Gasteiger partial charge in [0.05, 0.1) is 19.8 Å². The highest BCUT2D eigenvalue weighted by Crippen LogP contribution is 2.41. The van der Waals surface area contributed by atoms with Gasteiger partial charge in [0.1, 0.15) is 18.1 Å². The van der Waals surface area contributed by atoms with Gasteiger partial charge in [0, 0.05) is 31.6 Å². The predicted octanol–water partition coefficient (Wildman–Crippen LogP) is 5.14. The molecule has 0 bridgehead atoms. The van der Waals surface area contributed by atoms with Crippen LogP contribution in [0.3, 0.4) is 0 Å². The minimum atomic E-state index is 0.674. The molecule has 0 spiro atoms. The Labute approximate surface area is 190 Å². The number of fused-ring (bicyclic) bond motifs is 1. The van der Waals surface area contributed by atoms with Crippen molar-refractivity contribution in [1.82, 2.24) is 4.90 Å². The van der Waals surface area contributed by atoms with Gasteiger partial charge in [-0.2, -0.15) is 0 Å². The first-order chi connectivity index (χ1) is 15.9. The molecule has 5 rings (SSSR count). The van der Waals surface area contributed by atoms with Crippen molar-refractivity contribution in [3.8, 4) is 11.5 Å². The molecule has 3 aromatic rings. The van der Waals surface area contributed by atoms with Gasteiger partial charge in [0.2, 0.25) is 0 Å². The zero-order valence-corrected chi connectivity index (χ0v) is 18.3. The fraction of sp³-hybridized carbons (Fsp3) is 0.286. The van der Waals surface area contributed by atoms with Crippen LogP contribution in [-0.2, 0) is 4.74 Å². The number of rotatable bonds is 6. The van der Waals surface area contributed by atoms with E-state index >= 15 is 0 Å². The van der Waals surface area contributed by atoms with E-state index in [4.69, 9.17) is 14.2 Å². The summed E-state index contributed by atoms with van der Waals surface area (Å²) in [5.41, 5.74) is 6.13. The van der Waals surface area contributed by atoms with Gasteiger partial charge >= 0.3 is 0 Å². The Morgan fingerprint density at radius 3 is 2.31 bits per heavy atom. The third-order valence-electron chi connectivity index (χ3n) is 6.11. The summed E-state index contributed by atoms with van der Waals surface area (Å²) in [4.78, 5) is 2.39. The second kappa shape index (κ2) is 10.0. The fourth-order valence-corrected chi connectivity index (χ4v) is 4.44. The zero-order valence-electron chi connectivity index (χ0n) is 18.3. The van der Waals surface area contributed by atoms with Crippen LogP contribution in [0.5, 0.6) is 11.5 Å². The number of morpholine rings is 1. The van der Waals surface area contributed by atoms with Crippen LogP contribution in [0.1, 0.15) is 23.1 Å². The fourth-order valence-electron chi connectivity index (χ4n) is 4.44. The summed E-state index contributed by atoms with van der Waals surface area (Å²) in [6.07, 6.45) is 0.867. The molecule has 32 heavy (non-hydrogen) atoms. The number of hydrogen-bond donors (Lipinski definition) is 0. The molecule has 4 heteroatoms. The lowest BCUT2D eigenvalue weighted by molar-refractivity contribution is 0.0322. The van der Waals surface area contributed by atoms with E-state index in [1.165, 1.54) is 22.3 Å². The number of nitrogens with zero attached hydrogens (tertiary/aromatic N) is 1. The van der Waals surface area contributed by atoms with Gasteiger partial charge in [-0.1, -0.05) is 60.7 Å². The molecule has 0 unspecified atom stereocenters. The van der Waals surface area contributed by atoms with Crippen molar-refractivity contribution in [2.75, 3.05) is 46.1 Å². The summed E-state index contributed by atoms with van der Waals surface area (Å²) >= 11 is 0. The standard InChI is InChI=1S/C28H29NO3/c1-2-6-22(7-3-1)25-14-18-32-27-9-5-4-8-26(27)28(25)23-10-12-24(13-11-23)31-21-17-29-15-19-30-20-16-29/h1-13H,14-21H2. The van der Waals surface area contributed by atoms with Crippen molar-refractivity contribution in [1.29, 1.82) is 0 Å². The van der Waals surface area contributed by atoms with E-state index in [1.54, 1.807) is 0 Å². The van der Waals surface area contributed by atoms with Gasteiger partial charge in [0.15, 0.2) is 0 Å². The lowest BCUT2D eigenvalue weighted by Crippen LogP contribution is -2.38. The van der Waals surface area contributed by atoms with E-state index in [9.17, 15) is 0 Å². The third kappa shape index (κ3) is 4.72. The Morgan fingerprint density at radius 1 is 0.750 bits per heavy atom. The predicted molar refractivity (Wildman–Crippen MR) is 128 cm³/mol. The molecule has 0 aromatic heterocycles. The maximum absolute atomic E-state index is 6.11. The topological polar surface area (TPSA) is 30.9 Å². The Kier molecular flexibility index (Phi) is 6.52. The zero-order chi connectivity index (χ0) is 21.6. The molecule has 0 atom stereocenters. The molecular formula is C28H29NO3. The second-order valence-electron chi connectivity index (χ2n) is 8.14. The quantitative estimate of drug-likeness (QED) is 0.545. The summed E-state index contributed by atoms with van der Waals surface area (Å²) in [5, 5.41) is 0. The van der Waals surface area contributed by atoms with Crippen molar-refractivity contribution in [2.45, 2.75) is 6.42 Å². The number of hydrogen-bond acceptors (Lipinski definition) is 4. The summed E-state index contributed by atoms with van der Waals surface area (Å²) < 4.78 is 17.6. The maximum atomic E-state index is 6.11. The van der Waals surface area contributed by atoms with Crippen LogP contribution in [0.15, 0.2) is 78.9 Å². The Hall–Kier alpha value is -3.08. The van der Waals surface area contributed by atoms with E-state index in [-0.39, 0.29) is 0 Å². The van der Waals surface area contributed by atoms with E-state index in [0.29, 0.717) is 13.2 Å². The minimum Gasteiger partial charge on any atom is -0.493 e. The van der Waals surface area contributed by atoms with Crippen LogP contribution in [0, 0.1) is 0 Å². The average molecular weight is 428 g/mol. The summed E-state index contributed by atoms with van der Waals surface area (Å²) in [6.45, 7) is 5.90. The molecule has 0 N–H and O–H groups in total. The molecular weight excluding hydrogens is 398 g/mol. The number of ether oxygens (including phenoxy) is 3. The minimum absolute atomic E-state index is 0.674. The summed E-state index contributed by atoms with van der Waals surface area (Å²) in [6, 6.07) is 27.5. The highest BCUT2D eigenvalue weighted by Gasteiger charge is 2.20. The van der Waals surface area contributed by atoms with Crippen LogP contribution in [-0.4, -0.2) is 51.0 Å². The average Bonchev–Trinajstić information content (AvgIpc) is 3.05. The first-order valence-corrected chi connectivity index (χ1v) is 11.4. The van der Waals surface area contributed by atoms with E-state index in [1.807, 2.05) is 6.07 Å². The van der Waals surface area contributed by atoms with Crippen LogP contribution in [0.25, 0.3) is 11.1 Å². The molecule has 3 aromatic carbocycles. The van der Waals surface area contributed by atoms with E-state index in [0.717, 1.165) is 56.3 Å². The van der Waals surface area contributed by atoms with Crippen LogP contribution >= 0.6 is 0 Å². The van der Waals surface area contributed by atoms with Crippen molar-refractivity contribution in [3.05, 3.63) is 95.6 Å². The van der Waals surface area contributed by atoms with E-state index in [2.05, 4.69) is 77.7 Å². The summed E-state index contributed by atoms with van der Waals surface area (Å²) in [5.74, 6) is 1.85. The first kappa shape index (κ1) is 20.8. The highest BCUT2D eigenvalue weighted by atomic mass is 16.5. The molecule has 2 aliphatic rings. The van der Waals surface area contributed by atoms with Gasteiger partial charge in [-0.25, -0.2) is 0 Å². The lowest BCUT2D eigenvalue weighted by atomic mass is 9.88. The van der Waals surface area contributed by atoms with Gasteiger partial charge in [-0.05, 0) is 40.5 Å². The van der Waals surface area contributed by atoms with Crippen LogP contribution in [0.2, 0.25) is 0 Å². The van der Waals surface area contributed by atoms with Crippen molar-refractivity contribution in [2.24, 2.45) is 0 Å². The third-order valence-corrected chi connectivity index (χ3v) is 6.11. The smallest absolute Gasteiger partial charge is 0.127 e. The molecule has 1 fully saturated rings. The van der Waals surface area contributed by atoms with Crippen LogP contribution in [0.4, 0.5) is 0 Å². The molecule has 0 aliphatic carbocycles. The molecule has 2 heterocycles. The largest absolute Gasteiger partial charge is 0.493 e. The lowest BCUT2D eigenvalue weighted by Gasteiger charge is -2.26. The number of benzene rings is 3. The highest BCUT2D eigenvalue weighted by molar-refractivity contribution is 6.00. The molecule has 164 valence electrons. The second-order valence-corrected chi connectivity index (χ2v) is 8.14. The van der Waals surface area contributed by atoms with Gasteiger partial charge in [-0.3, -0.25) is 4.90 Å². The summed E-state index contributed by atoms with van der Waals surface area (Å²) in [7, 11) is 0. The molecule has 2 aliphatic heterocycles. The Bertz CT molecular complexity index is 1050. The first-order valence-electron chi connectivity index (χ1n) is 11.4. The van der Waals surface area contributed by atoms with Crippen molar-refractivity contribution in [3.63, 3.8) is 0 Å². The molecule has 1 saturated heterocycles. The van der Waals surface area contributed by atoms with Gasteiger partial charge in [0.25, 0.3) is 0 Å². The molecule has 0 radical (unpaired) electrons. The SMILES string of the molecule is c1ccc(C2=C(c3ccc(OCCN4CCOCC4)cc3)c3ccccc3OCC2)cc1. The number of para-hydroxylation sites is 1. The van der Waals surface area contributed by atoms with Crippen LogP contribution < -0.4 is 9.47 Å². The van der Waals surface area contributed by atoms with Gasteiger partial charge < -0.3 is 14.2 Å². The van der Waals surface area contributed by atoms with Crippen molar-refractivity contribution >= 4 is 11.1 Å². The van der Waals surface area contributed by atoms with Crippen molar-refractivity contribution < 1.29 is 14.2 Å². The maximum Gasteiger partial charge on any atom is 0.127 e. The normalized spacial score (nSPS) is 16.8. The monoisotopic (exact) mass is 427 g/mol. The molecule has 0 amide bonds. The Morgan fingerprint density at radius 2 is 1.50 bits per heavy atom. The van der Waals surface area contributed by atoms with E-state index < -0.39 is 0 Å².